The first-order valence-electron chi connectivity index (χ1n) is 7.83. The summed E-state index contributed by atoms with van der Waals surface area (Å²) in [5, 5.41) is 1.29. The first kappa shape index (κ1) is 17.2. The van der Waals surface area contributed by atoms with E-state index in [1.54, 1.807) is 18.2 Å². The molecule has 3 aromatic rings. The van der Waals surface area contributed by atoms with Gasteiger partial charge in [-0.25, -0.2) is 4.79 Å². The molecule has 3 rings (SSSR count). The summed E-state index contributed by atoms with van der Waals surface area (Å²) in [5.41, 5.74) is 3.22. The third kappa shape index (κ3) is 3.44. The van der Waals surface area contributed by atoms with Gasteiger partial charge in [-0.05, 0) is 50.1 Å². The first-order chi connectivity index (χ1) is 11.9. The minimum atomic E-state index is -0.428. The minimum absolute atomic E-state index is 0.138. The SMILES string of the molecule is CC(=O)c1cc(Cl)ccc1OCc1cc(=O)oc2c(C)c(C)ccc12. The largest absolute Gasteiger partial charge is 0.488 e. The second-order valence-corrected chi connectivity index (χ2v) is 6.40. The summed E-state index contributed by atoms with van der Waals surface area (Å²) in [7, 11) is 0. The van der Waals surface area contributed by atoms with Crippen molar-refractivity contribution in [2.45, 2.75) is 27.4 Å². The maximum atomic E-state index is 11.9. The molecule has 1 aromatic heterocycles. The topological polar surface area (TPSA) is 56.5 Å². The lowest BCUT2D eigenvalue weighted by molar-refractivity contribution is 0.101. The van der Waals surface area contributed by atoms with Gasteiger partial charge in [-0.1, -0.05) is 23.7 Å². The molecule has 0 amide bonds. The van der Waals surface area contributed by atoms with Gasteiger partial charge in [0.1, 0.15) is 17.9 Å². The van der Waals surface area contributed by atoms with E-state index >= 15 is 0 Å². The Kier molecular flexibility index (Phi) is 4.64. The van der Waals surface area contributed by atoms with Gasteiger partial charge in [0.2, 0.25) is 0 Å². The average Bonchev–Trinajstić information content (AvgIpc) is 2.57. The molecule has 128 valence electrons. The van der Waals surface area contributed by atoms with Crippen LogP contribution >= 0.6 is 11.6 Å². The third-order valence-corrected chi connectivity index (χ3v) is 4.46. The quantitative estimate of drug-likeness (QED) is 0.495. The summed E-state index contributed by atoms with van der Waals surface area (Å²) in [5.74, 6) is 0.295. The Morgan fingerprint density at radius 3 is 2.64 bits per heavy atom. The first-order valence-corrected chi connectivity index (χ1v) is 8.21. The molecule has 0 radical (unpaired) electrons. The highest BCUT2D eigenvalue weighted by molar-refractivity contribution is 6.31. The molecule has 0 aliphatic rings. The fourth-order valence-electron chi connectivity index (χ4n) is 2.70. The van der Waals surface area contributed by atoms with Crippen molar-refractivity contribution >= 4 is 28.4 Å². The molecule has 0 bridgehead atoms. The van der Waals surface area contributed by atoms with E-state index in [4.69, 9.17) is 20.8 Å². The van der Waals surface area contributed by atoms with Crippen LogP contribution in [-0.2, 0) is 6.61 Å². The maximum Gasteiger partial charge on any atom is 0.336 e. The van der Waals surface area contributed by atoms with Crippen molar-refractivity contribution in [2.75, 3.05) is 0 Å². The number of halogens is 1. The van der Waals surface area contributed by atoms with Crippen LogP contribution in [0.5, 0.6) is 5.75 Å². The fraction of sp³-hybridized carbons (Fsp3) is 0.200. The molecule has 0 aliphatic carbocycles. The molecule has 0 saturated heterocycles. The lowest BCUT2D eigenvalue weighted by Crippen LogP contribution is -2.06. The summed E-state index contributed by atoms with van der Waals surface area (Å²) < 4.78 is 11.2. The van der Waals surface area contributed by atoms with E-state index in [9.17, 15) is 9.59 Å². The molecule has 5 heteroatoms. The summed E-state index contributed by atoms with van der Waals surface area (Å²) in [6, 6.07) is 10.2. The van der Waals surface area contributed by atoms with Gasteiger partial charge in [0, 0.05) is 22.0 Å². The van der Waals surface area contributed by atoms with Crippen LogP contribution in [0, 0.1) is 13.8 Å². The summed E-state index contributed by atoms with van der Waals surface area (Å²) in [4.78, 5) is 23.7. The monoisotopic (exact) mass is 356 g/mol. The van der Waals surface area contributed by atoms with Gasteiger partial charge in [-0.3, -0.25) is 4.79 Å². The van der Waals surface area contributed by atoms with Crippen LogP contribution in [0.3, 0.4) is 0 Å². The van der Waals surface area contributed by atoms with Gasteiger partial charge in [-0.2, -0.15) is 0 Å². The van der Waals surface area contributed by atoms with Crippen molar-refractivity contribution in [3.05, 3.63) is 74.1 Å². The number of hydrogen-bond donors (Lipinski definition) is 0. The Hall–Kier alpha value is -2.59. The van der Waals surface area contributed by atoms with Crippen molar-refractivity contribution in [2.24, 2.45) is 0 Å². The van der Waals surface area contributed by atoms with E-state index < -0.39 is 5.63 Å². The van der Waals surface area contributed by atoms with E-state index in [0.717, 1.165) is 16.5 Å². The van der Waals surface area contributed by atoms with Gasteiger partial charge in [0.05, 0.1) is 5.56 Å². The van der Waals surface area contributed by atoms with Gasteiger partial charge in [0.25, 0.3) is 0 Å². The third-order valence-electron chi connectivity index (χ3n) is 4.22. The van der Waals surface area contributed by atoms with Gasteiger partial charge in [-0.15, -0.1) is 0 Å². The molecule has 1 heterocycles. The number of carbonyl (C=O) groups excluding carboxylic acids is 1. The molecule has 2 aromatic carbocycles. The van der Waals surface area contributed by atoms with E-state index in [1.807, 2.05) is 26.0 Å². The zero-order valence-corrected chi connectivity index (χ0v) is 14.9. The number of fused-ring (bicyclic) bond motifs is 1. The minimum Gasteiger partial charge on any atom is -0.488 e. The number of ether oxygens (including phenoxy) is 1. The predicted molar refractivity (Wildman–Crippen MR) is 97.7 cm³/mol. The number of ketones is 1. The fourth-order valence-corrected chi connectivity index (χ4v) is 2.87. The van der Waals surface area contributed by atoms with Crippen molar-refractivity contribution in [3.8, 4) is 5.75 Å². The van der Waals surface area contributed by atoms with E-state index in [2.05, 4.69) is 0 Å². The van der Waals surface area contributed by atoms with Gasteiger partial charge in [0.15, 0.2) is 5.78 Å². The van der Waals surface area contributed by atoms with E-state index in [-0.39, 0.29) is 12.4 Å². The Morgan fingerprint density at radius 1 is 1.16 bits per heavy atom. The van der Waals surface area contributed by atoms with Crippen molar-refractivity contribution < 1.29 is 13.9 Å². The smallest absolute Gasteiger partial charge is 0.336 e. The maximum absolute atomic E-state index is 11.9. The molecule has 25 heavy (non-hydrogen) atoms. The van der Waals surface area contributed by atoms with E-state index in [1.165, 1.54) is 13.0 Å². The highest BCUT2D eigenvalue weighted by atomic mass is 35.5. The normalized spacial score (nSPS) is 10.9. The summed E-state index contributed by atoms with van der Waals surface area (Å²) >= 11 is 5.95. The van der Waals surface area contributed by atoms with Crippen LogP contribution in [0.2, 0.25) is 5.02 Å². The van der Waals surface area contributed by atoms with Crippen LogP contribution in [-0.4, -0.2) is 5.78 Å². The molecule has 0 N–H and O–H groups in total. The zero-order valence-electron chi connectivity index (χ0n) is 14.2. The molecule has 0 atom stereocenters. The van der Waals surface area contributed by atoms with Crippen LogP contribution in [0.4, 0.5) is 0 Å². The molecular formula is C20H17ClO4. The molecular weight excluding hydrogens is 340 g/mol. The van der Waals surface area contributed by atoms with Gasteiger partial charge < -0.3 is 9.15 Å². The molecule has 0 aliphatic heterocycles. The highest BCUT2D eigenvalue weighted by Crippen LogP contribution is 2.27. The summed E-state index contributed by atoms with van der Waals surface area (Å²) in [6.45, 7) is 5.48. The predicted octanol–water partition coefficient (Wildman–Crippen LogP) is 4.84. The Morgan fingerprint density at radius 2 is 1.92 bits per heavy atom. The highest BCUT2D eigenvalue weighted by Gasteiger charge is 2.13. The number of aryl methyl sites for hydroxylation is 2. The van der Waals surface area contributed by atoms with Crippen molar-refractivity contribution in [3.63, 3.8) is 0 Å². The number of carbonyl (C=O) groups is 1. The average molecular weight is 357 g/mol. The second kappa shape index (κ2) is 6.73. The van der Waals surface area contributed by atoms with Crippen LogP contribution in [0.15, 0.2) is 45.6 Å². The van der Waals surface area contributed by atoms with Crippen molar-refractivity contribution in [1.82, 2.24) is 0 Å². The molecule has 0 saturated carbocycles. The standard InChI is InChI=1S/C20H17ClO4/c1-11-4-6-16-14(8-19(23)25-20(16)12(11)2)10-24-18-7-5-15(21)9-17(18)13(3)22/h4-9H,10H2,1-3H3. The Labute approximate surface area is 150 Å². The zero-order chi connectivity index (χ0) is 18.1. The molecule has 0 unspecified atom stereocenters. The van der Waals surface area contributed by atoms with E-state index in [0.29, 0.717) is 27.5 Å². The van der Waals surface area contributed by atoms with Crippen LogP contribution < -0.4 is 10.4 Å². The second-order valence-electron chi connectivity index (χ2n) is 5.96. The molecule has 0 spiro atoms. The Balaban J connectivity index is 2.01. The number of Topliss-reactive ketones (excluding diaryl/α,β-unsaturated/α-hetero) is 1. The van der Waals surface area contributed by atoms with Crippen LogP contribution in [0.1, 0.15) is 34.0 Å². The lowest BCUT2D eigenvalue weighted by Gasteiger charge is -2.12. The summed E-state index contributed by atoms with van der Waals surface area (Å²) in [6.07, 6.45) is 0. The number of hydrogen-bond acceptors (Lipinski definition) is 4. The van der Waals surface area contributed by atoms with Gasteiger partial charge >= 0.3 is 5.63 Å². The van der Waals surface area contributed by atoms with Crippen LogP contribution in [0.25, 0.3) is 11.0 Å². The lowest BCUT2D eigenvalue weighted by atomic mass is 10.0. The number of benzene rings is 2. The molecule has 0 fully saturated rings. The molecule has 4 nitrogen and oxygen atoms in total. The number of rotatable bonds is 4. The van der Waals surface area contributed by atoms with Crippen molar-refractivity contribution in [1.29, 1.82) is 0 Å². The Bertz CT molecular complexity index is 1030.